The van der Waals surface area contributed by atoms with Gasteiger partial charge in [-0.25, -0.2) is 0 Å². The minimum Gasteiger partial charge on any atom is -0.390 e. The van der Waals surface area contributed by atoms with Crippen LogP contribution < -0.4 is 0 Å². The summed E-state index contributed by atoms with van der Waals surface area (Å²) in [5.74, 6) is 0.367. The molecule has 0 saturated heterocycles. The maximum atomic E-state index is 9.45. The Kier molecular flexibility index (Phi) is 6.57. The van der Waals surface area contributed by atoms with Gasteiger partial charge in [0.25, 0.3) is 0 Å². The number of ether oxygens (including phenoxy) is 1. The number of rotatable bonds is 6. The summed E-state index contributed by atoms with van der Waals surface area (Å²) in [5.41, 5.74) is 0. The summed E-state index contributed by atoms with van der Waals surface area (Å²) < 4.78 is 5.11. The van der Waals surface area contributed by atoms with Crippen LogP contribution in [0.1, 0.15) is 33.6 Å². The second-order valence-corrected chi connectivity index (χ2v) is 2.99. The van der Waals surface area contributed by atoms with E-state index in [1.807, 2.05) is 6.92 Å². The van der Waals surface area contributed by atoms with E-state index in [-0.39, 0.29) is 6.10 Å². The minimum absolute atomic E-state index is 0.283. The molecule has 2 unspecified atom stereocenters. The molecule has 0 aliphatic heterocycles. The third kappa shape index (κ3) is 5.22. The molecule has 2 heteroatoms. The highest BCUT2D eigenvalue weighted by Crippen LogP contribution is 2.10. The average Bonchev–Trinajstić information content (AvgIpc) is 2.00. The van der Waals surface area contributed by atoms with Crippen molar-refractivity contribution in [3.05, 3.63) is 0 Å². The standard InChI is InChI=1S/C9H20O2/c1-4-6-8(3)9(10)7-11-5-2/h8-10H,4-7H2,1-3H3. The Hall–Kier alpha value is -0.0800. The maximum Gasteiger partial charge on any atom is 0.0799 e. The molecule has 68 valence electrons. The van der Waals surface area contributed by atoms with Crippen molar-refractivity contribution in [3.8, 4) is 0 Å². The number of aliphatic hydroxyl groups excluding tert-OH is 1. The zero-order valence-corrected chi connectivity index (χ0v) is 7.84. The summed E-state index contributed by atoms with van der Waals surface area (Å²) in [5, 5.41) is 9.45. The molecular formula is C9H20O2. The van der Waals surface area contributed by atoms with Gasteiger partial charge in [0.2, 0.25) is 0 Å². The van der Waals surface area contributed by atoms with Crippen LogP contribution >= 0.6 is 0 Å². The summed E-state index contributed by atoms with van der Waals surface area (Å²) in [6.07, 6.45) is 1.92. The van der Waals surface area contributed by atoms with Gasteiger partial charge < -0.3 is 9.84 Å². The van der Waals surface area contributed by atoms with Crippen molar-refractivity contribution in [2.24, 2.45) is 5.92 Å². The lowest BCUT2D eigenvalue weighted by Crippen LogP contribution is -2.23. The van der Waals surface area contributed by atoms with E-state index in [4.69, 9.17) is 4.74 Å². The molecule has 0 aromatic carbocycles. The summed E-state index contributed by atoms with van der Waals surface area (Å²) in [6, 6.07) is 0. The summed E-state index contributed by atoms with van der Waals surface area (Å²) >= 11 is 0. The Balaban J connectivity index is 3.38. The Morgan fingerprint density at radius 3 is 2.45 bits per heavy atom. The topological polar surface area (TPSA) is 29.5 Å². The fourth-order valence-corrected chi connectivity index (χ4v) is 1.05. The minimum atomic E-state index is -0.283. The number of hydrogen-bond donors (Lipinski definition) is 1. The van der Waals surface area contributed by atoms with E-state index >= 15 is 0 Å². The lowest BCUT2D eigenvalue weighted by molar-refractivity contribution is 0.0113. The number of aliphatic hydroxyl groups is 1. The summed E-state index contributed by atoms with van der Waals surface area (Å²) in [6.45, 7) is 7.31. The molecule has 0 aromatic heterocycles. The quantitative estimate of drug-likeness (QED) is 0.642. The van der Waals surface area contributed by atoms with E-state index < -0.39 is 0 Å². The first-order valence-corrected chi connectivity index (χ1v) is 4.48. The first-order valence-electron chi connectivity index (χ1n) is 4.48. The van der Waals surface area contributed by atoms with E-state index in [1.165, 1.54) is 0 Å². The van der Waals surface area contributed by atoms with Crippen molar-refractivity contribution in [2.45, 2.75) is 39.7 Å². The molecule has 0 fully saturated rings. The van der Waals surface area contributed by atoms with Crippen LogP contribution in [0.4, 0.5) is 0 Å². The maximum absolute atomic E-state index is 9.45. The van der Waals surface area contributed by atoms with Crippen molar-refractivity contribution >= 4 is 0 Å². The molecule has 0 spiro atoms. The normalized spacial score (nSPS) is 16.4. The molecule has 0 bridgehead atoms. The molecule has 0 radical (unpaired) electrons. The Morgan fingerprint density at radius 1 is 1.36 bits per heavy atom. The van der Waals surface area contributed by atoms with E-state index in [0.29, 0.717) is 19.1 Å². The smallest absolute Gasteiger partial charge is 0.0799 e. The van der Waals surface area contributed by atoms with Crippen molar-refractivity contribution in [1.82, 2.24) is 0 Å². The van der Waals surface area contributed by atoms with Crippen molar-refractivity contribution < 1.29 is 9.84 Å². The molecule has 2 nitrogen and oxygen atoms in total. The predicted molar refractivity (Wildman–Crippen MR) is 46.6 cm³/mol. The van der Waals surface area contributed by atoms with Gasteiger partial charge in [0.1, 0.15) is 0 Å². The third-order valence-electron chi connectivity index (χ3n) is 1.89. The van der Waals surface area contributed by atoms with Crippen LogP contribution in [-0.4, -0.2) is 24.4 Å². The fourth-order valence-electron chi connectivity index (χ4n) is 1.05. The molecule has 0 aliphatic carbocycles. The third-order valence-corrected chi connectivity index (χ3v) is 1.89. The van der Waals surface area contributed by atoms with Gasteiger partial charge in [-0.15, -0.1) is 0 Å². The van der Waals surface area contributed by atoms with Crippen LogP contribution in [0.15, 0.2) is 0 Å². The van der Waals surface area contributed by atoms with Crippen LogP contribution in [0, 0.1) is 5.92 Å². The lowest BCUT2D eigenvalue weighted by Gasteiger charge is -2.17. The van der Waals surface area contributed by atoms with Crippen molar-refractivity contribution in [3.63, 3.8) is 0 Å². The van der Waals surface area contributed by atoms with E-state index in [0.717, 1.165) is 12.8 Å². The Morgan fingerprint density at radius 2 is 2.00 bits per heavy atom. The Bertz CT molecular complexity index is 83.6. The van der Waals surface area contributed by atoms with Gasteiger partial charge in [0.15, 0.2) is 0 Å². The molecule has 0 rings (SSSR count). The highest BCUT2D eigenvalue weighted by molar-refractivity contribution is 4.62. The van der Waals surface area contributed by atoms with Crippen molar-refractivity contribution in [1.29, 1.82) is 0 Å². The van der Waals surface area contributed by atoms with E-state index in [1.54, 1.807) is 0 Å². The van der Waals surface area contributed by atoms with Gasteiger partial charge in [0, 0.05) is 6.61 Å². The molecule has 0 saturated carbocycles. The second-order valence-electron chi connectivity index (χ2n) is 2.99. The first-order chi connectivity index (χ1) is 5.22. The number of hydrogen-bond acceptors (Lipinski definition) is 2. The average molecular weight is 160 g/mol. The predicted octanol–water partition coefficient (Wildman–Crippen LogP) is 1.82. The highest BCUT2D eigenvalue weighted by Gasteiger charge is 2.12. The Labute approximate surface area is 69.6 Å². The zero-order valence-electron chi connectivity index (χ0n) is 7.84. The van der Waals surface area contributed by atoms with E-state index in [9.17, 15) is 5.11 Å². The van der Waals surface area contributed by atoms with Gasteiger partial charge >= 0.3 is 0 Å². The van der Waals surface area contributed by atoms with Crippen molar-refractivity contribution in [2.75, 3.05) is 13.2 Å². The highest BCUT2D eigenvalue weighted by atomic mass is 16.5. The molecule has 0 amide bonds. The fraction of sp³-hybridized carbons (Fsp3) is 1.00. The van der Waals surface area contributed by atoms with Gasteiger partial charge in [-0.2, -0.15) is 0 Å². The summed E-state index contributed by atoms with van der Waals surface area (Å²) in [7, 11) is 0. The van der Waals surface area contributed by atoms with Crippen LogP contribution in [-0.2, 0) is 4.74 Å². The van der Waals surface area contributed by atoms with Gasteiger partial charge in [-0.1, -0.05) is 20.3 Å². The summed E-state index contributed by atoms with van der Waals surface area (Å²) in [4.78, 5) is 0. The molecule has 1 N–H and O–H groups in total. The van der Waals surface area contributed by atoms with E-state index in [2.05, 4.69) is 13.8 Å². The van der Waals surface area contributed by atoms with Crippen LogP contribution in [0.2, 0.25) is 0 Å². The lowest BCUT2D eigenvalue weighted by atomic mass is 10.0. The molecule has 2 atom stereocenters. The van der Waals surface area contributed by atoms with Crippen LogP contribution in [0.3, 0.4) is 0 Å². The largest absolute Gasteiger partial charge is 0.390 e. The molecule has 0 aromatic rings. The van der Waals surface area contributed by atoms with Gasteiger partial charge in [-0.05, 0) is 19.3 Å². The van der Waals surface area contributed by atoms with Gasteiger partial charge in [0.05, 0.1) is 12.7 Å². The molecule has 0 aliphatic rings. The monoisotopic (exact) mass is 160 g/mol. The molecule has 0 heterocycles. The second kappa shape index (κ2) is 6.62. The first kappa shape index (κ1) is 10.9. The molecular weight excluding hydrogens is 140 g/mol. The SMILES string of the molecule is CCCC(C)C(O)COCC. The van der Waals surface area contributed by atoms with Gasteiger partial charge in [-0.3, -0.25) is 0 Å². The zero-order chi connectivity index (χ0) is 8.69. The van der Waals surface area contributed by atoms with Crippen LogP contribution in [0.25, 0.3) is 0 Å². The van der Waals surface area contributed by atoms with Crippen LogP contribution in [0.5, 0.6) is 0 Å². The molecule has 11 heavy (non-hydrogen) atoms.